The monoisotopic (exact) mass is 264 g/mol. The van der Waals surface area contributed by atoms with Crippen LogP contribution in [0.2, 0.25) is 5.02 Å². The number of halogens is 1. The van der Waals surface area contributed by atoms with E-state index in [-0.39, 0.29) is 5.56 Å². The summed E-state index contributed by atoms with van der Waals surface area (Å²) >= 11 is 5.74. The molecule has 92 valence electrons. The van der Waals surface area contributed by atoms with Gasteiger partial charge in [-0.1, -0.05) is 11.6 Å². The summed E-state index contributed by atoms with van der Waals surface area (Å²) in [5, 5.41) is 12.3. The Morgan fingerprint density at radius 1 is 1.22 bits per heavy atom. The Morgan fingerprint density at radius 2 is 1.89 bits per heavy atom. The number of nitrogens with one attached hydrogen (secondary N) is 2. The number of aromatic nitrogens is 1. The summed E-state index contributed by atoms with van der Waals surface area (Å²) in [4.78, 5) is 24.6. The molecule has 0 spiro atoms. The third kappa shape index (κ3) is 2.89. The van der Waals surface area contributed by atoms with E-state index in [1.54, 1.807) is 24.3 Å². The molecule has 6 heteroatoms. The van der Waals surface area contributed by atoms with Crippen molar-refractivity contribution in [2.75, 3.05) is 5.32 Å². The molecule has 1 aromatic heterocycles. The molecule has 2 aromatic rings. The number of carbonyl (C=O) groups is 1. The second-order valence-corrected chi connectivity index (χ2v) is 4.02. The normalized spacial score (nSPS) is 10.1. The summed E-state index contributed by atoms with van der Waals surface area (Å²) in [6, 6.07) is 9.17. The molecule has 18 heavy (non-hydrogen) atoms. The van der Waals surface area contributed by atoms with Gasteiger partial charge in [-0.05, 0) is 30.3 Å². The summed E-state index contributed by atoms with van der Waals surface area (Å²) in [7, 11) is 0. The minimum absolute atomic E-state index is 0.0739. The van der Waals surface area contributed by atoms with Crippen molar-refractivity contribution in [3.63, 3.8) is 0 Å². The molecule has 1 heterocycles. The van der Waals surface area contributed by atoms with E-state index in [0.29, 0.717) is 16.5 Å². The van der Waals surface area contributed by atoms with Gasteiger partial charge in [0, 0.05) is 16.8 Å². The van der Waals surface area contributed by atoms with Gasteiger partial charge < -0.3 is 15.4 Å². The van der Waals surface area contributed by atoms with E-state index in [9.17, 15) is 9.59 Å². The average Bonchev–Trinajstić information content (AvgIpc) is 2.31. The number of anilines is 2. The first-order chi connectivity index (χ1) is 8.54. The number of hydrogen-bond acceptors (Lipinski definition) is 3. The molecule has 0 saturated heterocycles. The number of pyridine rings is 1. The van der Waals surface area contributed by atoms with E-state index in [2.05, 4.69) is 10.3 Å². The zero-order valence-corrected chi connectivity index (χ0v) is 9.86. The van der Waals surface area contributed by atoms with Crippen LogP contribution in [0.25, 0.3) is 0 Å². The average molecular weight is 265 g/mol. The maximum absolute atomic E-state index is 11.3. The van der Waals surface area contributed by atoms with E-state index in [0.717, 1.165) is 6.07 Å². The number of hydrogen-bond donors (Lipinski definition) is 3. The van der Waals surface area contributed by atoms with Gasteiger partial charge in [-0.2, -0.15) is 0 Å². The number of aromatic amines is 1. The van der Waals surface area contributed by atoms with Gasteiger partial charge in [-0.25, -0.2) is 4.79 Å². The van der Waals surface area contributed by atoms with Crippen LogP contribution in [0.4, 0.5) is 11.5 Å². The van der Waals surface area contributed by atoms with Gasteiger partial charge in [0.2, 0.25) is 5.56 Å². The number of carboxylic acid groups (broad SMARTS) is 1. The smallest absolute Gasteiger partial charge is 0.336 e. The van der Waals surface area contributed by atoms with Gasteiger partial charge in [0.1, 0.15) is 5.82 Å². The van der Waals surface area contributed by atoms with Crippen LogP contribution in [0.5, 0.6) is 0 Å². The highest BCUT2D eigenvalue weighted by molar-refractivity contribution is 6.30. The fraction of sp³-hybridized carbons (Fsp3) is 0. The molecule has 0 saturated carbocycles. The van der Waals surface area contributed by atoms with Crippen LogP contribution in [-0.4, -0.2) is 16.1 Å². The largest absolute Gasteiger partial charge is 0.478 e. The third-order valence-electron chi connectivity index (χ3n) is 2.21. The SMILES string of the molecule is O=C(O)c1cc(Nc2ccc(Cl)cc2)[nH]c(=O)c1. The van der Waals surface area contributed by atoms with Gasteiger partial charge in [-0.15, -0.1) is 0 Å². The van der Waals surface area contributed by atoms with Gasteiger partial charge in [0.25, 0.3) is 0 Å². The molecular formula is C12H9ClN2O3. The van der Waals surface area contributed by atoms with Crippen LogP contribution in [0, 0.1) is 0 Å². The predicted molar refractivity (Wildman–Crippen MR) is 68.8 cm³/mol. The van der Waals surface area contributed by atoms with Gasteiger partial charge in [0.15, 0.2) is 0 Å². The fourth-order valence-corrected chi connectivity index (χ4v) is 1.55. The minimum Gasteiger partial charge on any atom is -0.478 e. The lowest BCUT2D eigenvalue weighted by molar-refractivity contribution is 0.0696. The molecule has 2 rings (SSSR count). The van der Waals surface area contributed by atoms with Crippen molar-refractivity contribution in [2.24, 2.45) is 0 Å². The molecule has 0 aliphatic carbocycles. The molecule has 1 aromatic carbocycles. The Hall–Kier alpha value is -2.27. The summed E-state index contributed by atoms with van der Waals surface area (Å²) in [5.41, 5.74) is 0.138. The van der Waals surface area contributed by atoms with Crippen LogP contribution in [0.15, 0.2) is 41.2 Å². The van der Waals surface area contributed by atoms with E-state index >= 15 is 0 Å². The lowest BCUT2D eigenvalue weighted by Gasteiger charge is -2.06. The van der Waals surface area contributed by atoms with Gasteiger partial charge >= 0.3 is 5.97 Å². The number of H-pyrrole nitrogens is 1. The van der Waals surface area contributed by atoms with Crippen LogP contribution in [0.1, 0.15) is 10.4 Å². The van der Waals surface area contributed by atoms with Crippen molar-refractivity contribution in [1.29, 1.82) is 0 Å². The van der Waals surface area contributed by atoms with E-state index in [1.165, 1.54) is 6.07 Å². The molecule has 5 nitrogen and oxygen atoms in total. The molecule has 0 fully saturated rings. The van der Waals surface area contributed by atoms with Crippen molar-refractivity contribution >= 4 is 29.1 Å². The molecule has 0 aliphatic rings. The Morgan fingerprint density at radius 3 is 2.50 bits per heavy atom. The second kappa shape index (κ2) is 4.93. The maximum Gasteiger partial charge on any atom is 0.336 e. The van der Waals surface area contributed by atoms with Gasteiger partial charge in [-0.3, -0.25) is 4.79 Å². The molecule has 0 unspecified atom stereocenters. The third-order valence-corrected chi connectivity index (χ3v) is 2.47. The summed E-state index contributed by atoms with van der Waals surface area (Å²) in [5.74, 6) is -0.845. The predicted octanol–water partition coefficient (Wildman–Crippen LogP) is 2.47. The van der Waals surface area contributed by atoms with Crippen molar-refractivity contribution in [3.05, 3.63) is 57.3 Å². The summed E-state index contributed by atoms with van der Waals surface area (Å²) < 4.78 is 0. The van der Waals surface area contributed by atoms with Crippen LogP contribution >= 0.6 is 11.6 Å². The lowest BCUT2D eigenvalue weighted by Crippen LogP contribution is -2.11. The van der Waals surface area contributed by atoms with Crippen molar-refractivity contribution in [3.8, 4) is 0 Å². The number of carboxylic acids is 1. The zero-order valence-electron chi connectivity index (χ0n) is 9.11. The topological polar surface area (TPSA) is 82.2 Å². The highest BCUT2D eigenvalue weighted by Crippen LogP contribution is 2.17. The maximum atomic E-state index is 11.3. The fourth-order valence-electron chi connectivity index (χ4n) is 1.42. The van der Waals surface area contributed by atoms with Crippen molar-refractivity contribution in [1.82, 2.24) is 4.98 Å². The Bertz CT molecular complexity index is 635. The van der Waals surface area contributed by atoms with Crippen LogP contribution in [-0.2, 0) is 0 Å². The van der Waals surface area contributed by atoms with Crippen molar-refractivity contribution < 1.29 is 9.90 Å². The molecule has 0 bridgehead atoms. The molecular weight excluding hydrogens is 256 g/mol. The first-order valence-electron chi connectivity index (χ1n) is 5.05. The van der Waals surface area contributed by atoms with Crippen LogP contribution in [0.3, 0.4) is 0 Å². The number of benzene rings is 1. The summed E-state index contributed by atoms with van der Waals surface area (Å²) in [6.45, 7) is 0. The zero-order chi connectivity index (χ0) is 13.1. The number of rotatable bonds is 3. The Labute approximate surface area is 107 Å². The Kier molecular flexibility index (Phi) is 3.34. The quantitative estimate of drug-likeness (QED) is 0.795. The highest BCUT2D eigenvalue weighted by atomic mass is 35.5. The molecule has 0 amide bonds. The highest BCUT2D eigenvalue weighted by Gasteiger charge is 2.06. The number of aromatic carboxylic acids is 1. The van der Waals surface area contributed by atoms with E-state index in [4.69, 9.17) is 16.7 Å². The standard InChI is InChI=1S/C12H9ClN2O3/c13-8-1-3-9(4-2-8)14-10-5-7(12(17)18)6-11(16)15-10/h1-6H,(H,17,18)(H2,14,15,16). The van der Waals surface area contributed by atoms with Crippen molar-refractivity contribution in [2.45, 2.75) is 0 Å². The van der Waals surface area contributed by atoms with E-state index < -0.39 is 11.5 Å². The second-order valence-electron chi connectivity index (χ2n) is 3.58. The summed E-state index contributed by atoms with van der Waals surface area (Å²) in [6.07, 6.45) is 0. The van der Waals surface area contributed by atoms with Crippen LogP contribution < -0.4 is 10.9 Å². The first kappa shape index (κ1) is 12.2. The van der Waals surface area contributed by atoms with Gasteiger partial charge in [0.05, 0.1) is 5.56 Å². The molecule has 0 aliphatic heterocycles. The first-order valence-corrected chi connectivity index (χ1v) is 5.42. The lowest BCUT2D eigenvalue weighted by atomic mass is 10.2. The molecule has 0 radical (unpaired) electrons. The minimum atomic E-state index is -1.15. The molecule has 0 atom stereocenters. The Balaban J connectivity index is 2.31. The van der Waals surface area contributed by atoms with E-state index in [1.807, 2.05) is 0 Å². The molecule has 3 N–H and O–H groups in total.